The Hall–Kier alpha value is -1.24. The van der Waals surface area contributed by atoms with E-state index in [1.807, 2.05) is 36.4 Å². The van der Waals surface area contributed by atoms with E-state index < -0.39 is 11.9 Å². The zero-order valence-corrected chi connectivity index (χ0v) is 27.5. The van der Waals surface area contributed by atoms with E-state index in [4.69, 9.17) is 9.47 Å². The number of rotatable bonds is 4. The number of aromatic hydroxyl groups is 1. The number of cyclic esters (lactones) is 1. The van der Waals surface area contributed by atoms with Crippen LogP contribution in [-0.4, -0.2) is 24.2 Å². The maximum absolute atomic E-state index is 13.3. The summed E-state index contributed by atoms with van der Waals surface area (Å²) in [5, 5.41) is 10.2. The lowest BCUT2D eigenvalue weighted by atomic mass is 9.92. The van der Waals surface area contributed by atoms with Crippen molar-refractivity contribution >= 4 is 119 Å². The van der Waals surface area contributed by atoms with E-state index in [0.29, 0.717) is 31.2 Å². The normalized spacial score (nSPS) is 13.2. The minimum atomic E-state index is -0.744. The lowest BCUT2D eigenvalue weighted by Gasteiger charge is -2.15. The molecule has 0 bridgehead atoms. The largest absolute Gasteiger partial charge is 0.506 e. The van der Waals surface area contributed by atoms with E-state index in [0.717, 1.165) is 17.9 Å². The Bertz CT molecular complexity index is 1390. The van der Waals surface area contributed by atoms with Crippen molar-refractivity contribution < 1.29 is 24.2 Å². The van der Waals surface area contributed by atoms with Gasteiger partial charge in [-0.1, -0.05) is 63.7 Å². The minimum absolute atomic E-state index is 0.0128. The van der Waals surface area contributed by atoms with Crippen molar-refractivity contribution in [1.82, 2.24) is 0 Å². The number of hydrogen-bond acceptors (Lipinski definition) is 5. The maximum atomic E-state index is 13.3. The summed E-state index contributed by atoms with van der Waals surface area (Å²) in [5.41, 5.74) is 2.20. The third-order valence-corrected chi connectivity index (χ3v) is 8.14. The number of phenolic OH excluding ortho intramolecular Hbond substituents is 1. The first-order valence-corrected chi connectivity index (χ1v) is 14.7. The third-order valence-electron chi connectivity index (χ3n) is 5.10. The molecule has 0 unspecified atom stereocenters. The second-order valence-corrected chi connectivity index (χ2v) is 12.8. The van der Waals surface area contributed by atoms with E-state index in [-0.39, 0.29) is 22.7 Å². The van der Waals surface area contributed by atoms with Crippen molar-refractivity contribution in [2.24, 2.45) is 0 Å². The van der Waals surface area contributed by atoms with Gasteiger partial charge in [0.1, 0.15) is 11.3 Å². The van der Waals surface area contributed by atoms with Crippen LogP contribution in [0.5, 0.6) is 5.75 Å². The average Bonchev–Trinajstić information content (AvgIpc) is 3.12. The summed E-state index contributed by atoms with van der Waals surface area (Å²) in [6.07, 6.45) is 0. The fourth-order valence-corrected chi connectivity index (χ4v) is 7.45. The molecule has 0 aliphatic carbocycles. The number of benzene rings is 3. The molecule has 0 amide bonds. The Labute approximate surface area is 256 Å². The van der Waals surface area contributed by atoms with Crippen LogP contribution < -0.4 is 0 Å². The van der Waals surface area contributed by atoms with Gasteiger partial charge in [-0.15, -0.1) is 0 Å². The van der Waals surface area contributed by atoms with Crippen LogP contribution in [-0.2, 0) is 19.1 Å². The summed E-state index contributed by atoms with van der Waals surface area (Å²) >= 11 is 20.6. The third kappa shape index (κ3) is 5.61. The number of carbonyl (C=O) groups is 2. The molecular formula is C25H12Br6O5. The Morgan fingerprint density at radius 1 is 0.778 bits per heavy atom. The first-order valence-electron chi connectivity index (χ1n) is 9.91. The molecule has 1 heterocycles. The summed E-state index contributed by atoms with van der Waals surface area (Å²) in [6, 6.07) is 14.2. The second-order valence-electron chi connectivity index (χ2n) is 7.44. The predicted molar refractivity (Wildman–Crippen MR) is 158 cm³/mol. The van der Waals surface area contributed by atoms with Crippen LogP contribution in [0.3, 0.4) is 0 Å². The quantitative estimate of drug-likeness (QED) is 0.266. The molecule has 5 nitrogen and oxygen atoms in total. The Morgan fingerprint density at radius 3 is 1.64 bits per heavy atom. The zero-order valence-electron chi connectivity index (χ0n) is 18.0. The summed E-state index contributed by atoms with van der Waals surface area (Å²) in [4.78, 5) is 26.5. The van der Waals surface area contributed by atoms with Gasteiger partial charge in [-0.05, 0) is 97.1 Å². The van der Waals surface area contributed by atoms with Gasteiger partial charge in [0.05, 0.1) is 21.6 Å². The van der Waals surface area contributed by atoms with Crippen LogP contribution in [0, 0.1) is 0 Å². The summed E-state index contributed by atoms with van der Waals surface area (Å²) in [6.45, 7) is 0. The molecule has 1 aliphatic heterocycles. The van der Waals surface area contributed by atoms with Gasteiger partial charge in [0.2, 0.25) is 0 Å². The fourth-order valence-electron chi connectivity index (χ4n) is 3.68. The molecule has 0 atom stereocenters. The highest BCUT2D eigenvalue weighted by molar-refractivity contribution is 9.11. The Kier molecular flexibility index (Phi) is 8.68. The van der Waals surface area contributed by atoms with Crippen LogP contribution in [0.1, 0.15) is 16.7 Å². The smallest absolute Gasteiger partial charge is 0.345 e. The number of ether oxygens (including phenoxy) is 2. The van der Waals surface area contributed by atoms with Gasteiger partial charge >= 0.3 is 11.9 Å². The molecule has 3 aromatic rings. The fraction of sp³-hybridized carbons (Fsp3) is 0.0400. The monoisotopic (exact) mass is 866 g/mol. The number of esters is 2. The van der Waals surface area contributed by atoms with Crippen molar-refractivity contribution in [3.63, 3.8) is 0 Å². The first kappa shape index (κ1) is 27.8. The number of halogens is 6. The van der Waals surface area contributed by atoms with Crippen LogP contribution >= 0.6 is 95.6 Å². The molecule has 36 heavy (non-hydrogen) atoms. The van der Waals surface area contributed by atoms with Gasteiger partial charge in [-0.2, -0.15) is 0 Å². The summed E-state index contributed by atoms with van der Waals surface area (Å²) in [5.74, 6) is -1.46. The van der Waals surface area contributed by atoms with Crippen molar-refractivity contribution in [2.75, 3.05) is 7.11 Å². The Morgan fingerprint density at radius 2 is 1.22 bits per heavy atom. The van der Waals surface area contributed by atoms with Gasteiger partial charge in [0.25, 0.3) is 0 Å². The van der Waals surface area contributed by atoms with Crippen molar-refractivity contribution in [3.8, 4) is 5.75 Å². The molecule has 4 rings (SSSR count). The number of phenols is 1. The number of hydrogen-bond donors (Lipinski definition) is 1. The van der Waals surface area contributed by atoms with Crippen molar-refractivity contribution in [3.05, 3.63) is 103 Å². The number of methoxy groups -OCH3 is 1. The Balaban J connectivity index is 2.14. The summed E-state index contributed by atoms with van der Waals surface area (Å²) in [7, 11) is 1.24. The molecule has 0 fully saturated rings. The van der Waals surface area contributed by atoms with Crippen molar-refractivity contribution in [1.29, 1.82) is 0 Å². The molecule has 0 saturated heterocycles. The highest BCUT2D eigenvalue weighted by Gasteiger charge is 2.39. The lowest BCUT2D eigenvalue weighted by Crippen LogP contribution is -2.09. The summed E-state index contributed by atoms with van der Waals surface area (Å²) < 4.78 is 14.7. The highest BCUT2D eigenvalue weighted by Crippen LogP contribution is 2.44. The molecule has 0 saturated carbocycles. The molecule has 1 N–H and O–H groups in total. The zero-order chi connectivity index (χ0) is 26.3. The molecular weight excluding hydrogens is 860 g/mol. The van der Waals surface area contributed by atoms with Gasteiger partial charge in [-0.25, -0.2) is 9.59 Å². The molecule has 0 aromatic heterocycles. The van der Waals surface area contributed by atoms with Crippen LogP contribution in [0.2, 0.25) is 0 Å². The van der Waals surface area contributed by atoms with Crippen molar-refractivity contribution in [2.45, 2.75) is 0 Å². The van der Waals surface area contributed by atoms with E-state index in [1.54, 1.807) is 0 Å². The number of carbonyl (C=O) groups excluding carboxylic acids is 2. The van der Waals surface area contributed by atoms with E-state index in [9.17, 15) is 14.7 Å². The highest BCUT2D eigenvalue weighted by atomic mass is 79.9. The van der Waals surface area contributed by atoms with Gasteiger partial charge < -0.3 is 14.6 Å². The molecule has 3 aromatic carbocycles. The molecule has 11 heteroatoms. The second kappa shape index (κ2) is 11.2. The molecule has 0 spiro atoms. The van der Waals surface area contributed by atoms with Crippen LogP contribution in [0.25, 0.3) is 11.1 Å². The lowest BCUT2D eigenvalue weighted by molar-refractivity contribution is -0.135. The average molecular weight is 872 g/mol. The minimum Gasteiger partial charge on any atom is -0.506 e. The van der Waals surface area contributed by atoms with Gasteiger partial charge in [0, 0.05) is 23.5 Å². The molecule has 1 aliphatic rings. The molecule has 0 radical (unpaired) electrons. The van der Waals surface area contributed by atoms with E-state index in [2.05, 4.69) is 95.6 Å². The van der Waals surface area contributed by atoms with Crippen LogP contribution in [0.15, 0.2) is 86.7 Å². The van der Waals surface area contributed by atoms with Gasteiger partial charge in [-0.3, -0.25) is 0 Å². The SMILES string of the molecule is COC(=O)C1=C(c2cc(Br)c(O)c(Br)c2)C(=O)OC1=C(c1cc(Br)cc(Br)c1)c1cc(Br)cc(Br)c1. The molecule has 184 valence electrons. The van der Waals surface area contributed by atoms with E-state index >= 15 is 0 Å². The maximum Gasteiger partial charge on any atom is 0.345 e. The van der Waals surface area contributed by atoms with Crippen LogP contribution in [0.4, 0.5) is 0 Å². The van der Waals surface area contributed by atoms with Gasteiger partial charge in [0.15, 0.2) is 5.76 Å². The predicted octanol–water partition coefficient (Wildman–Crippen LogP) is 8.91. The topological polar surface area (TPSA) is 72.8 Å². The first-order chi connectivity index (χ1) is 17.0. The van der Waals surface area contributed by atoms with E-state index in [1.165, 1.54) is 19.2 Å². The standard InChI is InChI=1S/C25H12Br6O5/c1-35-24(33)21-20(12-6-17(30)22(32)18(31)7-12)25(34)36-23(21)19(10-2-13(26)8-14(27)3-10)11-4-15(28)9-16(29)5-11/h2-9,32H,1H3.